The van der Waals surface area contributed by atoms with Gasteiger partial charge in [-0.1, -0.05) is 12.1 Å². The summed E-state index contributed by atoms with van der Waals surface area (Å²) in [6.07, 6.45) is 2.09. The fraction of sp³-hybridized carbons (Fsp3) is 0.500. The van der Waals surface area contributed by atoms with Crippen LogP contribution in [0.1, 0.15) is 24.0 Å². The Kier molecular flexibility index (Phi) is 5.49. The van der Waals surface area contributed by atoms with E-state index in [0.717, 1.165) is 12.8 Å². The highest BCUT2D eigenvalue weighted by molar-refractivity contribution is 5.81. The second kappa shape index (κ2) is 7.35. The summed E-state index contributed by atoms with van der Waals surface area (Å²) in [5.41, 5.74) is 1.29. The van der Waals surface area contributed by atoms with Gasteiger partial charge >= 0.3 is 0 Å². The lowest BCUT2D eigenvalue weighted by Crippen LogP contribution is -2.41. The minimum atomic E-state index is -0.277. The molecule has 1 aliphatic rings. The van der Waals surface area contributed by atoms with Gasteiger partial charge in [-0.25, -0.2) is 4.39 Å². The largest absolute Gasteiger partial charge is 0.352 e. The number of hydrogen-bond acceptors (Lipinski definition) is 3. The Hall–Kier alpha value is -1.95. The van der Waals surface area contributed by atoms with Gasteiger partial charge in [-0.2, -0.15) is 0 Å². The number of nitrogens with zero attached hydrogens (tertiary/aromatic N) is 1. The molecule has 0 aromatic heterocycles. The minimum Gasteiger partial charge on any atom is -0.352 e. The first-order chi connectivity index (χ1) is 10.4. The molecule has 0 radical (unpaired) electrons. The van der Waals surface area contributed by atoms with Gasteiger partial charge in [0.2, 0.25) is 11.8 Å². The minimum absolute atomic E-state index is 0.0570. The number of benzene rings is 1. The van der Waals surface area contributed by atoms with Crippen molar-refractivity contribution in [2.24, 2.45) is 0 Å². The maximum Gasteiger partial charge on any atom is 0.234 e. The second-order valence-electron chi connectivity index (χ2n) is 5.87. The molecule has 0 spiro atoms. The first kappa shape index (κ1) is 16.4. The summed E-state index contributed by atoms with van der Waals surface area (Å²) in [6, 6.07) is 5.21. The Bertz CT molecular complexity index is 558. The molecule has 1 aromatic rings. The molecule has 1 aliphatic carbocycles. The van der Waals surface area contributed by atoms with Crippen LogP contribution in [0.3, 0.4) is 0 Å². The lowest BCUT2D eigenvalue weighted by atomic mass is 10.1. The van der Waals surface area contributed by atoms with E-state index in [2.05, 4.69) is 10.6 Å². The first-order valence-electron chi connectivity index (χ1n) is 7.43. The SMILES string of the molecule is Cc1ccc(CNC(=O)CN(C)CC(=O)NC2CC2)cc1F. The van der Waals surface area contributed by atoms with E-state index in [4.69, 9.17) is 0 Å². The molecule has 0 saturated heterocycles. The number of likely N-dealkylation sites (N-methyl/N-ethyl adjacent to an activating group) is 1. The van der Waals surface area contributed by atoms with Crippen molar-refractivity contribution in [2.75, 3.05) is 20.1 Å². The fourth-order valence-electron chi connectivity index (χ4n) is 2.05. The zero-order valence-corrected chi connectivity index (χ0v) is 13.0. The first-order valence-corrected chi connectivity index (χ1v) is 7.43. The van der Waals surface area contributed by atoms with E-state index in [9.17, 15) is 14.0 Å². The molecular weight excluding hydrogens is 285 g/mol. The van der Waals surface area contributed by atoms with Crippen molar-refractivity contribution in [3.63, 3.8) is 0 Å². The number of carbonyl (C=O) groups excluding carboxylic acids is 2. The molecule has 0 aliphatic heterocycles. The van der Waals surface area contributed by atoms with E-state index in [-0.39, 0.29) is 37.3 Å². The topological polar surface area (TPSA) is 61.4 Å². The van der Waals surface area contributed by atoms with Crippen molar-refractivity contribution in [3.05, 3.63) is 35.1 Å². The summed E-state index contributed by atoms with van der Waals surface area (Å²) in [7, 11) is 1.72. The zero-order chi connectivity index (χ0) is 16.1. The quantitative estimate of drug-likeness (QED) is 0.789. The molecule has 2 rings (SSSR count). The van der Waals surface area contributed by atoms with Gasteiger partial charge in [0.25, 0.3) is 0 Å². The van der Waals surface area contributed by atoms with E-state index < -0.39 is 0 Å². The van der Waals surface area contributed by atoms with Crippen molar-refractivity contribution in [3.8, 4) is 0 Å². The van der Waals surface area contributed by atoms with Gasteiger partial charge < -0.3 is 10.6 Å². The van der Waals surface area contributed by atoms with Crippen molar-refractivity contribution < 1.29 is 14.0 Å². The zero-order valence-electron chi connectivity index (χ0n) is 13.0. The number of aryl methyl sites for hydroxylation is 1. The van der Waals surface area contributed by atoms with Crippen molar-refractivity contribution in [2.45, 2.75) is 32.4 Å². The molecular formula is C16H22FN3O2. The lowest BCUT2D eigenvalue weighted by Gasteiger charge is -2.16. The van der Waals surface area contributed by atoms with Crippen LogP contribution in [0, 0.1) is 12.7 Å². The maximum absolute atomic E-state index is 13.4. The standard InChI is InChI=1S/C16H22FN3O2/c1-11-3-4-12(7-14(11)17)8-18-15(21)9-20(2)10-16(22)19-13-5-6-13/h3-4,7,13H,5-6,8-10H2,1-2H3,(H,18,21)(H,19,22). The number of rotatable bonds is 7. The van der Waals surface area contributed by atoms with Crippen molar-refractivity contribution in [1.82, 2.24) is 15.5 Å². The van der Waals surface area contributed by atoms with Crippen LogP contribution in [0.15, 0.2) is 18.2 Å². The van der Waals surface area contributed by atoms with Crippen LogP contribution >= 0.6 is 0 Å². The molecule has 1 fully saturated rings. The average molecular weight is 307 g/mol. The molecule has 1 aromatic carbocycles. The summed E-state index contributed by atoms with van der Waals surface area (Å²) in [5, 5.41) is 5.60. The Morgan fingerprint density at radius 1 is 1.27 bits per heavy atom. The molecule has 5 nitrogen and oxygen atoms in total. The van der Waals surface area contributed by atoms with Crippen LogP contribution in [0.2, 0.25) is 0 Å². The van der Waals surface area contributed by atoms with Crippen LogP contribution in [-0.4, -0.2) is 42.9 Å². The van der Waals surface area contributed by atoms with Gasteiger partial charge in [-0.15, -0.1) is 0 Å². The number of nitrogens with one attached hydrogen (secondary N) is 2. The van der Waals surface area contributed by atoms with Crippen molar-refractivity contribution in [1.29, 1.82) is 0 Å². The van der Waals surface area contributed by atoms with Gasteiger partial charge in [0.15, 0.2) is 0 Å². The third kappa shape index (κ3) is 5.44. The molecule has 0 heterocycles. The van der Waals surface area contributed by atoms with Crippen LogP contribution in [0.25, 0.3) is 0 Å². The highest BCUT2D eigenvalue weighted by Gasteiger charge is 2.23. The molecule has 2 N–H and O–H groups in total. The van der Waals surface area contributed by atoms with E-state index in [1.807, 2.05) is 0 Å². The molecule has 0 unspecified atom stereocenters. The predicted octanol–water partition coefficient (Wildman–Crippen LogP) is 0.961. The van der Waals surface area contributed by atoms with E-state index in [1.54, 1.807) is 31.0 Å². The number of hydrogen-bond donors (Lipinski definition) is 2. The third-order valence-electron chi connectivity index (χ3n) is 3.50. The molecule has 0 atom stereocenters. The maximum atomic E-state index is 13.4. The summed E-state index contributed by atoms with van der Waals surface area (Å²) in [4.78, 5) is 25.1. The van der Waals surface area contributed by atoms with E-state index in [0.29, 0.717) is 17.2 Å². The molecule has 1 saturated carbocycles. The Balaban J connectivity index is 1.69. The van der Waals surface area contributed by atoms with E-state index in [1.165, 1.54) is 6.07 Å². The van der Waals surface area contributed by atoms with Crippen LogP contribution in [-0.2, 0) is 16.1 Å². The van der Waals surface area contributed by atoms with Crippen LogP contribution in [0.4, 0.5) is 4.39 Å². The molecule has 2 amide bonds. The predicted molar refractivity (Wildman–Crippen MR) is 81.6 cm³/mol. The van der Waals surface area contributed by atoms with Gasteiger partial charge in [-0.3, -0.25) is 14.5 Å². The smallest absolute Gasteiger partial charge is 0.234 e. The number of halogens is 1. The Labute approximate surface area is 129 Å². The monoisotopic (exact) mass is 307 g/mol. The summed E-state index contributed by atoms with van der Waals surface area (Å²) in [5.74, 6) is -0.526. The highest BCUT2D eigenvalue weighted by atomic mass is 19.1. The van der Waals surface area contributed by atoms with E-state index >= 15 is 0 Å². The molecule has 22 heavy (non-hydrogen) atoms. The second-order valence-corrected chi connectivity index (χ2v) is 5.87. The molecule has 120 valence electrons. The summed E-state index contributed by atoms with van der Waals surface area (Å²) in [6.45, 7) is 2.30. The Morgan fingerprint density at radius 2 is 1.95 bits per heavy atom. The number of carbonyl (C=O) groups is 2. The van der Waals surface area contributed by atoms with Crippen LogP contribution in [0.5, 0.6) is 0 Å². The van der Waals surface area contributed by atoms with Gasteiger partial charge in [0, 0.05) is 12.6 Å². The highest BCUT2D eigenvalue weighted by Crippen LogP contribution is 2.18. The lowest BCUT2D eigenvalue weighted by molar-refractivity contribution is -0.124. The summed E-state index contributed by atoms with van der Waals surface area (Å²) >= 11 is 0. The molecule has 6 heteroatoms. The van der Waals surface area contributed by atoms with Crippen molar-refractivity contribution >= 4 is 11.8 Å². The van der Waals surface area contributed by atoms with Gasteiger partial charge in [0.1, 0.15) is 5.82 Å². The van der Waals surface area contributed by atoms with Gasteiger partial charge in [-0.05, 0) is 44.0 Å². The normalized spacial score (nSPS) is 14.0. The Morgan fingerprint density at radius 3 is 2.59 bits per heavy atom. The molecule has 0 bridgehead atoms. The fourth-order valence-corrected chi connectivity index (χ4v) is 2.05. The van der Waals surface area contributed by atoms with Crippen LogP contribution < -0.4 is 10.6 Å². The third-order valence-corrected chi connectivity index (χ3v) is 3.50. The summed E-state index contributed by atoms with van der Waals surface area (Å²) < 4.78 is 13.4. The average Bonchev–Trinajstić information content (AvgIpc) is 3.23. The number of amides is 2. The van der Waals surface area contributed by atoms with Gasteiger partial charge in [0.05, 0.1) is 13.1 Å².